The van der Waals surface area contributed by atoms with Gasteiger partial charge in [-0.3, -0.25) is 4.79 Å². The number of fused-ring (bicyclic) bond motifs is 1. The third-order valence-corrected chi connectivity index (χ3v) is 7.41. The van der Waals surface area contributed by atoms with E-state index in [1.165, 1.54) is 11.8 Å². The van der Waals surface area contributed by atoms with Gasteiger partial charge < -0.3 is 15.0 Å². The van der Waals surface area contributed by atoms with Crippen molar-refractivity contribution in [3.05, 3.63) is 93.2 Å². The van der Waals surface area contributed by atoms with Gasteiger partial charge in [0.2, 0.25) is 5.91 Å². The molecule has 188 valence electrons. The van der Waals surface area contributed by atoms with Gasteiger partial charge in [-0.05, 0) is 56.2 Å². The summed E-state index contributed by atoms with van der Waals surface area (Å²) in [6.45, 7) is 10.2. The maximum atomic E-state index is 13.6. The highest BCUT2D eigenvalue weighted by atomic mass is 32.2. The Hall–Kier alpha value is -3.32. The minimum atomic E-state index is -0.432. The number of amidine groups is 1. The monoisotopic (exact) mass is 503 g/mol. The molecule has 2 aliphatic heterocycles. The minimum absolute atomic E-state index is 0.0448. The zero-order valence-electron chi connectivity index (χ0n) is 21.5. The van der Waals surface area contributed by atoms with Crippen molar-refractivity contribution in [3.8, 4) is 0 Å². The molecule has 2 aromatic carbocycles. The molecule has 6 nitrogen and oxygen atoms in total. The fourth-order valence-corrected chi connectivity index (χ4v) is 5.34. The van der Waals surface area contributed by atoms with Crippen LogP contribution in [0.25, 0.3) is 0 Å². The van der Waals surface area contributed by atoms with Crippen LogP contribution in [0.1, 0.15) is 61.9 Å². The van der Waals surface area contributed by atoms with Crippen LogP contribution in [0, 0.1) is 13.8 Å². The summed E-state index contributed by atoms with van der Waals surface area (Å²) in [5.74, 6) is -0.443. The summed E-state index contributed by atoms with van der Waals surface area (Å²) in [5.41, 5.74) is 6.05. The minimum Gasteiger partial charge on any atom is -0.457 e. The maximum absolute atomic E-state index is 13.6. The molecular weight excluding hydrogens is 470 g/mol. The Morgan fingerprint density at radius 3 is 2.61 bits per heavy atom. The number of amides is 1. The molecule has 0 saturated carbocycles. The second kappa shape index (κ2) is 11.2. The Morgan fingerprint density at radius 2 is 1.89 bits per heavy atom. The van der Waals surface area contributed by atoms with Crippen LogP contribution in [-0.4, -0.2) is 28.0 Å². The smallest absolute Gasteiger partial charge is 0.338 e. The fraction of sp³-hybridized carbons (Fsp3) is 0.345. The molecule has 1 amide bonds. The predicted octanol–water partition coefficient (Wildman–Crippen LogP) is 5.93. The van der Waals surface area contributed by atoms with Gasteiger partial charge in [0.15, 0.2) is 5.17 Å². The van der Waals surface area contributed by atoms with Gasteiger partial charge in [-0.15, -0.1) is 0 Å². The lowest BCUT2D eigenvalue weighted by molar-refractivity contribution is -0.141. The topological polar surface area (TPSA) is 71.0 Å². The first-order valence-corrected chi connectivity index (χ1v) is 13.2. The van der Waals surface area contributed by atoms with Crippen molar-refractivity contribution >= 4 is 28.8 Å². The van der Waals surface area contributed by atoms with E-state index in [0.717, 1.165) is 39.5 Å². The predicted molar refractivity (Wildman–Crippen MR) is 145 cm³/mol. The molecule has 0 unspecified atom stereocenters. The van der Waals surface area contributed by atoms with E-state index in [2.05, 4.69) is 23.5 Å². The first kappa shape index (κ1) is 25.8. The van der Waals surface area contributed by atoms with Gasteiger partial charge >= 0.3 is 5.97 Å². The quantitative estimate of drug-likeness (QED) is 0.452. The molecule has 4 rings (SSSR count). The van der Waals surface area contributed by atoms with E-state index >= 15 is 0 Å². The number of allylic oxidation sites excluding steroid dienone is 1. The number of carbonyl (C=O) groups excluding carboxylic acids is 2. The first-order chi connectivity index (χ1) is 17.3. The molecule has 7 heteroatoms. The van der Waals surface area contributed by atoms with Crippen LogP contribution in [0.2, 0.25) is 0 Å². The number of nitrogens with zero attached hydrogens (tertiary/aromatic N) is 2. The lowest BCUT2D eigenvalue weighted by Crippen LogP contribution is -2.39. The van der Waals surface area contributed by atoms with E-state index in [1.807, 2.05) is 75.3 Å². The molecule has 0 saturated heterocycles. The van der Waals surface area contributed by atoms with Crippen LogP contribution >= 0.6 is 11.8 Å². The van der Waals surface area contributed by atoms with Crippen molar-refractivity contribution in [2.45, 2.75) is 66.2 Å². The Labute approximate surface area is 217 Å². The van der Waals surface area contributed by atoms with Gasteiger partial charge in [-0.1, -0.05) is 72.8 Å². The summed E-state index contributed by atoms with van der Waals surface area (Å²) in [7, 11) is 0. The number of hydrogen-bond acceptors (Lipinski definition) is 6. The van der Waals surface area contributed by atoms with Gasteiger partial charge in [-0.25, -0.2) is 9.79 Å². The fourth-order valence-electron chi connectivity index (χ4n) is 4.37. The number of carbonyl (C=O) groups is 2. The SMILES string of the molecule is CC[C@H](C)NC(=O)CC1=CSC2=NC(C)=C(C(=O)OCc3ccccc3)[C@@H](c3cc(C)ccc3C)N12. The lowest BCUT2D eigenvalue weighted by atomic mass is 9.90. The molecular formula is C29H33N3O3S. The normalized spacial score (nSPS) is 17.8. The van der Waals surface area contributed by atoms with Crippen LogP contribution in [0.3, 0.4) is 0 Å². The molecule has 0 radical (unpaired) electrons. The molecule has 2 atom stereocenters. The number of esters is 1. The maximum Gasteiger partial charge on any atom is 0.338 e. The molecule has 0 fully saturated rings. The zero-order valence-corrected chi connectivity index (χ0v) is 22.3. The average Bonchev–Trinajstić information content (AvgIpc) is 3.25. The van der Waals surface area contributed by atoms with E-state index < -0.39 is 12.0 Å². The van der Waals surface area contributed by atoms with Crippen LogP contribution in [0.4, 0.5) is 0 Å². The van der Waals surface area contributed by atoms with Crippen molar-refractivity contribution in [2.24, 2.45) is 4.99 Å². The number of hydrogen-bond donors (Lipinski definition) is 1. The van der Waals surface area contributed by atoms with E-state index in [0.29, 0.717) is 11.3 Å². The number of nitrogens with one attached hydrogen (secondary N) is 1. The highest BCUT2D eigenvalue weighted by molar-refractivity contribution is 8.16. The summed E-state index contributed by atoms with van der Waals surface area (Å²) in [4.78, 5) is 33.2. The number of ether oxygens (including phenoxy) is 1. The summed E-state index contributed by atoms with van der Waals surface area (Å²) in [6, 6.07) is 15.6. The molecule has 0 aliphatic carbocycles. The average molecular weight is 504 g/mol. The van der Waals surface area contributed by atoms with Crippen molar-refractivity contribution in [1.29, 1.82) is 0 Å². The molecule has 1 N–H and O–H groups in total. The molecule has 0 bridgehead atoms. The highest BCUT2D eigenvalue weighted by Crippen LogP contribution is 2.45. The molecule has 36 heavy (non-hydrogen) atoms. The highest BCUT2D eigenvalue weighted by Gasteiger charge is 2.41. The van der Waals surface area contributed by atoms with E-state index in [9.17, 15) is 9.59 Å². The number of aryl methyl sites for hydroxylation is 2. The molecule has 0 spiro atoms. The molecule has 2 heterocycles. The van der Waals surface area contributed by atoms with Crippen molar-refractivity contribution in [1.82, 2.24) is 10.2 Å². The third kappa shape index (κ3) is 5.57. The zero-order chi connectivity index (χ0) is 25.8. The van der Waals surface area contributed by atoms with Crippen molar-refractivity contribution in [2.75, 3.05) is 0 Å². The van der Waals surface area contributed by atoms with Gasteiger partial charge in [0.1, 0.15) is 6.61 Å². The van der Waals surface area contributed by atoms with Crippen molar-refractivity contribution in [3.63, 3.8) is 0 Å². The number of rotatable bonds is 8. The number of thioether (sulfide) groups is 1. The van der Waals surface area contributed by atoms with Crippen LogP contribution in [0.5, 0.6) is 0 Å². The Bertz CT molecular complexity index is 1250. The number of benzene rings is 2. The molecule has 2 aromatic rings. The van der Waals surface area contributed by atoms with Crippen LogP contribution in [-0.2, 0) is 20.9 Å². The molecule has 0 aromatic heterocycles. The van der Waals surface area contributed by atoms with Gasteiger partial charge in [-0.2, -0.15) is 0 Å². The van der Waals surface area contributed by atoms with Gasteiger partial charge in [0.25, 0.3) is 0 Å². The Balaban J connectivity index is 1.70. The van der Waals surface area contributed by atoms with Crippen molar-refractivity contribution < 1.29 is 14.3 Å². The number of aliphatic imine (C=N–C) groups is 1. The summed E-state index contributed by atoms with van der Waals surface area (Å²) in [5, 5.41) is 5.79. The second-order valence-electron chi connectivity index (χ2n) is 9.37. The standard InChI is InChI=1S/C29H33N3O3S/c1-6-20(4)30-25(33)15-23-17-36-29-31-21(5)26(28(34)35-16-22-10-8-7-9-11-22)27(32(23)29)24-14-18(2)12-13-19(24)3/h7-14,17,20,27H,6,15-16H2,1-5H3,(H,30,33)/t20-,27+/m0/s1. The summed E-state index contributed by atoms with van der Waals surface area (Å²) in [6.07, 6.45) is 1.07. The Morgan fingerprint density at radius 1 is 1.14 bits per heavy atom. The van der Waals surface area contributed by atoms with Crippen LogP contribution < -0.4 is 5.32 Å². The van der Waals surface area contributed by atoms with Gasteiger partial charge in [0.05, 0.1) is 23.7 Å². The van der Waals surface area contributed by atoms with E-state index in [-0.39, 0.29) is 25.0 Å². The second-order valence-corrected chi connectivity index (χ2v) is 10.2. The van der Waals surface area contributed by atoms with Crippen LogP contribution in [0.15, 0.2) is 75.9 Å². The molecule has 2 aliphatic rings. The first-order valence-electron chi connectivity index (χ1n) is 12.3. The summed E-state index contributed by atoms with van der Waals surface area (Å²) >= 11 is 1.48. The third-order valence-electron chi connectivity index (χ3n) is 6.52. The Kier molecular flexibility index (Phi) is 7.99. The van der Waals surface area contributed by atoms with E-state index in [1.54, 1.807) is 0 Å². The summed E-state index contributed by atoms with van der Waals surface area (Å²) < 4.78 is 5.79. The largest absolute Gasteiger partial charge is 0.457 e. The van der Waals surface area contributed by atoms with Gasteiger partial charge in [0, 0.05) is 11.7 Å². The van der Waals surface area contributed by atoms with E-state index in [4.69, 9.17) is 9.73 Å². The lowest BCUT2D eigenvalue weighted by Gasteiger charge is -2.37.